The van der Waals surface area contributed by atoms with Crippen LogP contribution in [0.2, 0.25) is 0 Å². The lowest BCUT2D eigenvalue weighted by Crippen LogP contribution is -2.24. The Kier molecular flexibility index (Phi) is 6.28. The first kappa shape index (κ1) is 14.9. The molecule has 1 aromatic heterocycles. The van der Waals surface area contributed by atoms with Crippen molar-refractivity contribution in [3.05, 3.63) is 17.8 Å². The van der Waals surface area contributed by atoms with Crippen molar-refractivity contribution in [1.29, 1.82) is 0 Å². The Morgan fingerprint density at radius 1 is 1.26 bits per heavy atom. The Morgan fingerprint density at radius 2 is 2.05 bits per heavy atom. The number of carbonyl (C=O) groups excluding carboxylic acids is 2. The molecule has 0 aliphatic heterocycles. The Hall–Kier alpha value is -2.18. The van der Waals surface area contributed by atoms with E-state index in [0.717, 1.165) is 12.8 Å². The van der Waals surface area contributed by atoms with Gasteiger partial charge in [0.15, 0.2) is 5.69 Å². The molecule has 0 radical (unpaired) electrons. The number of nitrogens with zero attached hydrogens (tertiary/aromatic N) is 2. The summed E-state index contributed by atoms with van der Waals surface area (Å²) < 4.78 is 0. The number of nitrogens with two attached hydrogens (primary N) is 1. The summed E-state index contributed by atoms with van der Waals surface area (Å²) in [6.07, 6.45) is 1.96. The monoisotopic (exact) mass is 265 g/mol. The van der Waals surface area contributed by atoms with E-state index in [1.165, 1.54) is 0 Å². The fourth-order valence-electron chi connectivity index (χ4n) is 1.44. The van der Waals surface area contributed by atoms with Crippen molar-refractivity contribution in [2.75, 3.05) is 18.4 Å². The van der Waals surface area contributed by atoms with Crippen LogP contribution >= 0.6 is 0 Å². The highest BCUT2D eigenvalue weighted by atomic mass is 16.2. The highest BCUT2D eigenvalue weighted by molar-refractivity contribution is 5.92. The van der Waals surface area contributed by atoms with Crippen LogP contribution in [0.5, 0.6) is 0 Å². The molecule has 1 aromatic rings. The molecule has 0 saturated carbocycles. The van der Waals surface area contributed by atoms with Crippen LogP contribution in [0.25, 0.3) is 0 Å². The van der Waals surface area contributed by atoms with Crippen molar-refractivity contribution in [3.63, 3.8) is 0 Å². The first-order valence-corrected chi connectivity index (χ1v) is 6.27. The SMILES string of the molecule is CCNC(=O)c1ccc(NCCCCC(N)=O)nn1. The van der Waals surface area contributed by atoms with Gasteiger partial charge in [-0.25, -0.2) is 0 Å². The molecule has 2 amide bonds. The molecule has 0 aromatic carbocycles. The standard InChI is InChI=1S/C12H19N5O2/c1-2-14-12(19)9-6-7-11(17-16-9)15-8-4-3-5-10(13)18/h6-7H,2-5,8H2,1H3,(H2,13,18)(H,14,19)(H,15,17). The molecule has 1 heterocycles. The maximum Gasteiger partial charge on any atom is 0.271 e. The molecule has 4 N–H and O–H groups in total. The van der Waals surface area contributed by atoms with Gasteiger partial charge in [0.05, 0.1) is 0 Å². The number of carbonyl (C=O) groups is 2. The Bertz CT molecular complexity index is 419. The lowest BCUT2D eigenvalue weighted by molar-refractivity contribution is -0.118. The Balaban J connectivity index is 2.32. The van der Waals surface area contributed by atoms with E-state index in [1.54, 1.807) is 12.1 Å². The molecular formula is C12H19N5O2. The zero-order valence-corrected chi connectivity index (χ0v) is 11.0. The maximum atomic E-state index is 11.4. The minimum absolute atomic E-state index is 0.233. The van der Waals surface area contributed by atoms with Gasteiger partial charge >= 0.3 is 0 Å². The van der Waals surface area contributed by atoms with E-state index >= 15 is 0 Å². The molecule has 0 atom stereocenters. The molecule has 0 spiro atoms. The molecule has 0 unspecified atom stereocenters. The summed E-state index contributed by atoms with van der Waals surface area (Å²) in [7, 11) is 0. The summed E-state index contributed by atoms with van der Waals surface area (Å²) in [4.78, 5) is 22.0. The third kappa shape index (κ3) is 5.80. The molecule has 19 heavy (non-hydrogen) atoms. The third-order valence-corrected chi connectivity index (χ3v) is 2.39. The smallest absolute Gasteiger partial charge is 0.271 e. The fraction of sp³-hybridized carbons (Fsp3) is 0.500. The fourth-order valence-corrected chi connectivity index (χ4v) is 1.44. The maximum absolute atomic E-state index is 11.4. The number of nitrogens with one attached hydrogen (secondary N) is 2. The summed E-state index contributed by atoms with van der Waals surface area (Å²) in [6.45, 7) is 3.08. The minimum atomic E-state index is -0.286. The van der Waals surface area contributed by atoms with Gasteiger partial charge in [-0.3, -0.25) is 9.59 Å². The first-order chi connectivity index (χ1) is 9.13. The van der Waals surface area contributed by atoms with Crippen LogP contribution in [0.15, 0.2) is 12.1 Å². The van der Waals surface area contributed by atoms with E-state index in [1.807, 2.05) is 6.92 Å². The summed E-state index contributed by atoms with van der Waals surface area (Å²) in [5, 5.41) is 13.4. The van der Waals surface area contributed by atoms with Crippen molar-refractivity contribution in [1.82, 2.24) is 15.5 Å². The number of primary amides is 1. The van der Waals surface area contributed by atoms with Gasteiger partial charge < -0.3 is 16.4 Å². The summed E-state index contributed by atoms with van der Waals surface area (Å²) >= 11 is 0. The average Bonchev–Trinajstić information content (AvgIpc) is 2.39. The van der Waals surface area contributed by atoms with Crippen LogP contribution in [0.4, 0.5) is 5.82 Å². The average molecular weight is 265 g/mol. The first-order valence-electron chi connectivity index (χ1n) is 6.27. The van der Waals surface area contributed by atoms with E-state index in [2.05, 4.69) is 20.8 Å². The highest BCUT2D eigenvalue weighted by Gasteiger charge is 2.06. The van der Waals surface area contributed by atoms with Crippen LogP contribution in [0.3, 0.4) is 0 Å². The number of amides is 2. The number of hydrogen-bond acceptors (Lipinski definition) is 5. The molecule has 1 rings (SSSR count). The zero-order chi connectivity index (χ0) is 14.1. The summed E-state index contributed by atoms with van der Waals surface area (Å²) in [5.41, 5.74) is 5.33. The molecule has 104 valence electrons. The summed E-state index contributed by atoms with van der Waals surface area (Å²) in [6, 6.07) is 3.31. The lowest BCUT2D eigenvalue weighted by atomic mass is 10.2. The van der Waals surface area contributed by atoms with Crippen molar-refractivity contribution in [2.45, 2.75) is 26.2 Å². The molecule has 0 bridgehead atoms. The van der Waals surface area contributed by atoms with Gasteiger partial charge in [0, 0.05) is 19.5 Å². The zero-order valence-electron chi connectivity index (χ0n) is 11.0. The summed E-state index contributed by atoms with van der Waals surface area (Å²) in [5.74, 6) is 0.0845. The lowest BCUT2D eigenvalue weighted by Gasteiger charge is -2.05. The number of hydrogen-bond donors (Lipinski definition) is 3. The third-order valence-electron chi connectivity index (χ3n) is 2.39. The van der Waals surface area contributed by atoms with Gasteiger partial charge in [-0.15, -0.1) is 10.2 Å². The van der Waals surface area contributed by atoms with Gasteiger partial charge in [-0.05, 0) is 31.9 Å². The van der Waals surface area contributed by atoms with E-state index in [4.69, 9.17) is 5.73 Å². The number of unbranched alkanes of at least 4 members (excludes halogenated alkanes) is 1. The van der Waals surface area contributed by atoms with Crippen LogP contribution in [0, 0.1) is 0 Å². The molecular weight excluding hydrogens is 246 g/mol. The normalized spacial score (nSPS) is 9.95. The topological polar surface area (TPSA) is 110 Å². The largest absolute Gasteiger partial charge is 0.370 e. The van der Waals surface area contributed by atoms with Gasteiger partial charge in [0.1, 0.15) is 5.82 Å². The molecule has 7 heteroatoms. The highest BCUT2D eigenvalue weighted by Crippen LogP contribution is 2.03. The molecule has 0 aliphatic carbocycles. The van der Waals surface area contributed by atoms with Crippen molar-refractivity contribution in [2.24, 2.45) is 5.73 Å². The molecule has 0 fully saturated rings. The second kappa shape index (κ2) is 8.02. The Morgan fingerprint density at radius 3 is 2.63 bits per heavy atom. The van der Waals surface area contributed by atoms with E-state index in [9.17, 15) is 9.59 Å². The van der Waals surface area contributed by atoms with Gasteiger partial charge in [0.25, 0.3) is 5.91 Å². The number of rotatable bonds is 8. The van der Waals surface area contributed by atoms with Crippen LogP contribution in [-0.2, 0) is 4.79 Å². The van der Waals surface area contributed by atoms with Crippen molar-refractivity contribution < 1.29 is 9.59 Å². The predicted octanol–water partition coefficient (Wildman–Crippen LogP) is 0.294. The van der Waals surface area contributed by atoms with E-state index in [0.29, 0.717) is 31.0 Å². The second-order valence-corrected chi connectivity index (χ2v) is 4.01. The Labute approximate surface area is 112 Å². The van der Waals surface area contributed by atoms with Gasteiger partial charge in [-0.1, -0.05) is 0 Å². The predicted molar refractivity (Wildman–Crippen MR) is 71.6 cm³/mol. The van der Waals surface area contributed by atoms with Crippen LogP contribution in [-0.4, -0.2) is 35.1 Å². The molecule has 0 saturated heterocycles. The van der Waals surface area contributed by atoms with Gasteiger partial charge in [-0.2, -0.15) is 0 Å². The van der Waals surface area contributed by atoms with Crippen LogP contribution in [0.1, 0.15) is 36.7 Å². The van der Waals surface area contributed by atoms with E-state index < -0.39 is 0 Å². The molecule has 7 nitrogen and oxygen atoms in total. The number of aromatic nitrogens is 2. The second-order valence-electron chi connectivity index (χ2n) is 4.01. The quantitative estimate of drug-likeness (QED) is 0.585. The van der Waals surface area contributed by atoms with Crippen molar-refractivity contribution in [3.8, 4) is 0 Å². The van der Waals surface area contributed by atoms with Gasteiger partial charge in [0.2, 0.25) is 5.91 Å². The van der Waals surface area contributed by atoms with E-state index in [-0.39, 0.29) is 11.8 Å². The molecule has 0 aliphatic rings. The van der Waals surface area contributed by atoms with Crippen LogP contribution < -0.4 is 16.4 Å². The number of anilines is 1. The minimum Gasteiger partial charge on any atom is -0.370 e. The van der Waals surface area contributed by atoms with Crippen molar-refractivity contribution >= 4 is 17.6 Å².